The van der Waals surface area contributed by atoms with Gasteiger partial charge in [0, 0.05) is 24.0 Å². The molecule has 88 valence electrons. The van der Waals surface area contributed by atoms with Gasteiger partial charge in [-0.3, -0.25) is 0 Å². The van der Waals surface area contributed by atoms with Gasteiger partial charge < -0.3 is 10.6 Å². The van der Waals surface area contributed by atoms with E-state index in [9.17, 15) is 0 Å². The summed E-state index contributed by atoms with van der Waals surface area (Å²) >= 11 is 0. The highest BCUT2D eigenvalue weighted by Gasteiger charge is 2.23. The van der Waals surface area contributed by atoms with Crippen LogP contribution in [0.5, 0.6) is 0 Å². The number of nitrogens with zero attached hydrogens (tertiary/aromatic N) is 1. The fourth-order valence-electron chi connectivity index (χ4n) is 2.45. The van der Waals surface area contributed by atoms with Crippen LogP contribution in [0.2, 0.25) is 0 Å². The average molecular weight is 218 g/mol. The molecule has 2 rings (SSSR count). The van der Waals surface area contributed by atoms with Crippen LogP contribution in [0, 0.1) is 12.8 Å². The molecule has 1 aromatic rings. The lowest BCUT2D eigenvalue weighted by Gasteiger charge is -2.38. The molecule has 16 heavy (non-hydrogen) atoms. The van der Waals surface area contributed by atoms with Crippen LogP contribution in [0.1, 0.15) is 32.3 Å². The summed E-state index contributed by atoms with van der Waals surface area (Å²) in [5, 5.41) is 0. The number of nitrogen functional groups attached to an aromatic ring is 1. The van der Waals surface area contributed by atoms with Crippen LogP contribution in [0.3, 0.4) is 0 Å². The molecule has 0 bridgehead atoms. The minimum atomic E-state index is 0.637. The molecule has 1 saturated heterocycles. The summed E-state index contributed by atoms with van der Waals surface area (Å²) in [4.78, 5) is 2.49. The maximum absolute atomic E-state index is 5.98. The Morgan fingerprint density at radius 3 is 2.69 bits per heavy atom. The molecule has 2 unspecified atom stereocenters. The Balaban J connectivity index is 2.24. The minimum Gasteiger partial charge on any atom is -0.398 e. The fourth-order valence-corrected chi connectivity index (χ4v) is 2.45. The number of rotatable bonds is 1. The van der Waals surface area contributed by atoms with E-state index in [-0.39, 0.29) is 0 Å². The lowest BCUT2D eigenvalue weighted by Crippen LogP contribution is -2.41. The van der Waals surface area contributed by atoms with Crippen LogP contribution in [0.4, 0.5) is 11.4 Å². The number of hydrogen-bond acceptors (Lipinski definition) is 2. The fraction of sp³-hybridized carbons (Fsp3) is 0.571. The van der Waals surface area contributed by atoms with E-state index in [4.69, 9.17) is 5.73 Å². The Labute approximate surface area is 98.4 Å². The van der Waals surface area contributed by atoms with Gasteiger partial charge in [-0.25, -0.2) is 0 Å². The Kier molecular flexibility index (Phi) is 3.08. The molecule has 2 atom stereocenters. The van der Waals surface area contributed by atoms with Crippen molar-refractivity contribution in [3.8, 4) is 0 Å². The lowest BCUT2D eigenvalue weighted by atomic mass is 9.94. The number of piperidine rings is 1. The lowest BCUT2D eigenvalue weighted by molar-refractivity contribution is 0.390. The predicted octanol–water partition coefficient (Wildman–Crippen LogP) is 3.20. The van der Waals surface area contributed by atoms with E-state index in [1.165, 1.54) is 24.1 Å². The van der Waals surface area contributed by atoms with Crippen LogP contribution >= 0.6 is 0 Å². The van der Waals surface area contributed by atoms with E-state index in [2.05, 4.69) is 43.9 Å². The molecule has 0 amide bonds. The summed E-state index contributed by atoms with van der Waals surface area (Å²) in [6, 6.07) is 7.07. The number of aryl methyl sites for hydroxylation is 1. The number of nitrogens with two attached hydrogens (primary N) is 1. The van der Waals surface area contributed by atoms with Gasteiger partial charge in [-0.15, -0.1) is 0 Å². The average Bonchev–Trinajstić information content (AvgIpc) is 2.26. The van der Waals surface area contributed by atoms with Gasteiger partial charge in [0.05, 0.1) is 0 Å². The maximum Gasteiger partial charge on any atom is 0.0389 e. The molecule has 1 heterocycles. The zero-order chi connectivity index (χ0) is 11.7. The first kappa shape index (κ1) is 11.3. The second-order valence-corrected chi connectivity index (χ2v) is 5.22. The van der Waals surface area contributed by atoms with Gasteiger partial charge in [0.15, 0.2) is 0 Å². The van der Waals surface area contributed by atoms with Gasteiger partial charge in [0.1, 0.15) is 0 Å². The summed E-state index contributed by atoms with van der Waals surface area (Å²) in [5.74, 6) is 0.790. The highest BCUT2D eigenvalue weighted by molar-refractivity contribution is 5.60. The summed E-state index contributed by atoms with van der Waals surface area (Å²) in [7, 11) is 0. The van der Waals surface area contributed by atoms with Gasteiger partial charge in [-0.05, 0) is 50.3 Å². The second-order valence-electron chi connectivity index (χ2n) is 5.22. The van der Waals surface area contributed by atoms with Gasteiger partial charge in [-0.1, -0.05) is 13.0 Å². The van der Waals surface area contributed by atoms with Crippen molar-refractivity contribution in [3.05, 3.63) is 23.8 Å². The Morgan fingerprint density at radius 2 is 2.00 bits per heavy atom. The Hall–Kier alpha value is -1.18. The molecule has 0 spiro atoms. The Morgan fingerprint density at radius 1 is 1.25 bits per heavy atom. The van der Waals surface area contributed by atoms with E-state index in [0.29, 0.717) is 6.04 Å². The summed E-state index contributed by atoms with van der Waals surface area (Å²) in [5.41, 5.74) is 9.33. The smallest absolute Gasteiger partial charge is 0.0389 e. The molecule has 0 aliphatic carbocycles. The topological polar surface area (TPSA) is 29.3 Å². The summed E-state index contributed by atoms with van der Waals surface area (Å²) in [6.45, 7) is 7.85. The molecule has 1 aliphatic heterocycles. The van der Waals surface area contributed by atoms with Gasteiger partial charge in [-0.2, -0.15) is 0 Å². The minimum absolute atomic E-state index is 0.637. The number of hydrogen-bond donors (Lipinski definition) is 1. The molecule has 1 aliphatic rings. The molecular weight excluding hydrogens is 196 g/mol. The van der Waals surface area contributed by atoms with Crippen molar-refractivity contribution in [2.24, 2.45) is 5.92 Å². The number of benzene rings is 1. The normalized spacial score (nSPS) is 25.8. The largest absolute Gasteiger partial charge is 0.398 e. The maximum atomic E-state index is 5.98. The van der Waals surface area contributed by atoms with E-state index < -0.39 is 0 Å². The Bertz CT molecular complexity index is 373. The third-order valence-corrected chi connectivity index (χ3v) is 3.71. The molecular formula is C14H22N2. The standard InChI is InChI=1S/C14H22N2/c1-10-4-6-12(3)16(9-10)13-7-5-11(2)14(15)8-13/h5,7-8,10,12H,4,6,9,15H2,1-3H3. The van der Waals surface area contributed by atoms with Crippen molar-refractivity contribution in [2.75, 3.05) is 17.2 Å². The van der Waals surface area contributed by atoms with Crippen molar-refractivity contribution in [2.45, 2.75) is 39.7 Å². The highest BCUT2D eigenvalue weighted by atomic mass is 15.2. The zero-order valence-corrected chi connectivity index (χ0v) is 10.5. The van der Waals surface area contributed by atoms with E-state index in [0.717, 1.165) is 18.2 Å². The quantitative estimate of drug-likeness (QED) is 0.733. The van der Waals surface area contributed by atoms with Crippen molar-refractivity contribution in [1.29, 1.82) is 0 Å². The molecule has 0 saturated carbocycles. The molecule has 0 radical (unpaired) electrons. The highest BCUT2D eigenvalue weighted by Crippen LogP contribution is 2.29. The SMILES string of the molecule is Cc1ccc(N2CC(C)CCC2C)cc1N. The first-order chi connectivity index (χ1) is 7.58. The van der Waals surface area contributed by atoms with Crippen molar-refractivity contribution >= 4 is 11.4 Å². The zero-order valence-electron chi connectivity index (χ0n) is 10.5. The van der Waals surface area contributed by atoms with Gasteiger partial charge >= 0.3 is 0 Å². The molecule has 2 heteroatoms. The molecule has 2 nitrogen and oxygen atoms in total. The first-order valence-corrected chi connectivity index (χ1v) is 6.20. The third kappa shape index (κ3) is 2.16. The van der Waals surface area contributed by atoms with Crippen molar-refractivity contribution in [1.82, 2.24) is 0 Å². The molecule has 1 fully saturated rings. The predicted molar refractivity (Wildman–Crippen MR) is 70.8 cm³/mol. The van der Waals surface area contributed by atoms with E-state index in [1.807, 2.05) is 0 Å². The summed E-state index contributed by atoms with van der Waals surface area (Å²) < 4.78 is 0. The van der Waals surface area contributed by atoms with Crippen molar-refractivity contribution in [3.63, 3.8) is 0 Å². The van der Waals surface area contributed by atoms with Crippen LogP contribution in [0.25, 0.3) is 0 Å². The van der Waals surface area contributed by atoms with E-state index in [1.54, 1.807) is 0 Å². The van der Waals surface area contributed by atoms with Gasteiger partial charge in [0.25, 0.3) is 0 Å². The van der Waals surface area contributed by atoms with Gasteiger partial charge in [0.2, 0.25) is 0 Å². The van der Waals surface area contributed by atoms with Crippen LogP contribution in [0.15, 0.2) is 18.2 Å². The molecule has 0 aromatic heterocycles. The van der Waals surface area contributed by atoms with Crippen LogP contribution in [-0.4, -0.2) is 12.6 Å². The van der Waals surface area contributed by atoms with Crippen LogP contribution in [-0.2, 0) is 0 Å². The van der Waals surface area contributed by atoms with Crippen LogP contribution < -0.4 is 10.6 Å². The first-order valence-electron chi connectivity index (χ1n) is 6.20. The number of anilines is 2. The van der Waals surface area contributed by atoms with Crippen molar-refractivity contribution < 1.29 is 0 Å². The van der Waals surface area contributed by atoms with E-state index >= 15 is 0 Å². The second kappa shape index (κ2) is 4.36. The summed E-state index contributed by atoms with van der Waals surface area (Å²) in [6.07, 6.45) is 2.63. The monoisotopic (exact) mass is 218 g/mol. The molecule has 2 N–H and O–H groups in total. The molecule has 1 aromatic carbocycles. The third-order valence-electron chi connectivity index (χ3n) is 3.71.